The molecule has 0 aliphatic rings. The highest BCUT2D eigenvalue weighted by Crippen LogP contribution is 2.24. The summed E-state index contributed by atoms with van der Waals surface area (Å²) < 4.78 is 1.91. The number of nitrogen functional groups attached to an aromatic ring is 1. The van der Waals surface area contributed by atoms with Crippen molar-refractivity contribution in [2.24, 2.45) is 0 Å². The van der Waals surface area contributed by atoms with E-state index in [0.717, 1.165) is 16.6 Å². The maximum absolute atomic E-state index is 10.6. The number of nitro benzene ring substituents is 1. The molecule has 20 heavy (non-hydrogen) atoms. The van der Waals surface area contributed by atoms with Crippen molar-refractivity contribution >= 4 is 34.8 Å². The second-order valence-corrected chi connectivity index (χ2v) is 4.09. The number of rotatable bonds is 2. The fourth-order valence-electron chi connectivity index (χ4n) is 2.05. The molecule has 0 unspecified atom stereocenters. The Morgan fingerprint density at radius 2 is 1.85 bits per heavy atom. The zero-order valence-corrected chi connectivity index (χ0v) is 11.1. The number of non-ortho nitro benzene ring substituents is 1. The molecule has 0 aliphatic heterocycles. The average Bonchev–Trinajstić information content (AvgIpc) is 2.84. The third-order valence-corrected chi connectivity index (χ3v) is 2.99. The van der Waals surface area contributed by atoms with Crippen LogP contribution in [0.2, 0.25) is 0 Å². The van der Waals surface area contributed by atoms with E-state index in [-0.39, 0.29) is 18.1 Å². The summed E-state index contributed by atoms with van der Waals surface area (Å²) >= 11 is 0. The van der Waals surface area contributed by atoms with Crippen LogP contribution in [-0.2, 0) is 0 Å². The average molecular weight is 291 g/mol. The van der Waals surface area contributed by atoms with Crippen LogP contribution in [0, 0.1) is 10.1 Å². The van der Waals surface area contributed by atoms with Crippen molar-refractivity contribution < 1.29 is 4.92 Å². The quantitative estimate of drug-likeness (QED) is 0.580. The van der Waals surface area contributed by atoms with Gasteiger partial charge < -0.3 is 10.3 Å². The largest absolute Gasteiger partial charge is 0.383 e. The maximum atomic E-state index is 10.6. The molecular weight excluding hydrogens is 280 g/mol. The number of nitrogens with zero attached hydrogens (tertiary/aromatic N) is 3. The van der Waals surface area contributed by atoms with Crippen LogP contribution >= 0.6 is 12.4 Å². The van der Waals surface area contributed by atoms with E-state index in [1.807, 2.05) is 22.9 Å². The highest BCUT2D eigenvalue weighted by atomic mass is 35.5. The van der Waals surface area contributed by atoms with Gasteiger partial charge in [-0.3, -0.25) is 10.1 Å². The zero-order valence-electron chi connectivity index (χ0n) is 10.3. The molecule has 3 rings (SSSR count). The molecule has 0 saturated carbocycles. The Kier molecular flexibility index (Phi) is 3.58. The van der Waals surface area contributed by atoms with Crippen LogP contribution in [0.3, 0.4) is 0 Å². The number of hydrogen-bond acceptors (Lipinski definition) is 4. The van der Waals surface area contributed by atoms with E-state index in [0.29, 0.717) is 5.82 Å². The number of benzene rings is 1. The van der Waals surface area contributed by atoms with Gasteiger partial charge in [0.25, 0.3) is 5.69 Å². The number of nitro groups is 1. The molecule has 0 radical (unpaired) electrons. The van der Waals surface area contributed by atoms with Crippen LogP contribution in [0.5, 0.6) is 0 Å². The number of fused-ring (bicyclic) bond motifs is 1. The van der Waals surface area contributed by atoms with Crippen LogP contribution in [0.25, 0.3) is 16.6 Å². The van der Waals surface area contributed by atoms with E-state index in [1.54, 1.807) is 18.3 Å². The molecular formula is C13H11ClN4O2. The van der Waals surface area contributed by atoms with Crippen LogP contribution in [0.15, 0.2) is 48.8 Å². The van der Waals surface area contributed by atoms with E-state index in [4.69, 9.17) is 5.73 Å². The summed E-state index contributed by atoms with van der Waals surface area (Å²) in [6.07, 6.45) is 3.50. The molecule has 2 N–H and O–H groups in total. The van der Waals surface area contributed by atoms with Gasteiger partial charge >= 0.3 is 0 Å². The highest BCUT2D eigenvalue weighted by Gasteiger charge is 2.08. The number of aromatic nitrogens is 2. The van der Waals surface area contributed by atoms with Crippen LogP contribution in [-0.4, -0.2) is 14.5 Å². The Labute approximate surface area is 120 Å². The zero-order chi connectivity index (χ0) is 13.4. The smallest absolute Gasteiger partial charge is 0.269 e. The Hall–Kier alpha value is -2.60. The first-order valence-electron chi connectivity index (χ1n) is 5.63. The van der Waals surface area contributed by atoms with Crippen molar-refractivity contribution in [2.45, 2.75) is 0 Å². The summed E-state index contributed by atoms with van der Waals surface area (Å²) in [5, 5.41) is 11.5. The second kappa shape index (κ2) is 5.18. The van der Waals surface area contributed by atoms with Gasteiger partial charge in [0.2, 0.25) is 0 Å². The van der Waals surface area contributed by atoms with Crippen molar-refractivity contribution in [1.29, 1.82) is 0 Å². The SMILES string of the molecule is Cl.Nc1nccc2c1ccn2-c1ccc([N+](=O)[O-])cc1. The predicted octanol–water partition coefficient (Wildman–Crippen LogP) is 2.94. The molecule has 0 spiro atoms. The first-order valence-corrected chi connectivity index (χ1v) is 5.63. The van der Waals surface area contributed by atoms with Crippen molar-refractivity contribution in [3.63, 3.8) is 0 Å². The number of anilines is 1. The van der Waals surface area contributed by atoms with Crippen LogP contribution in [0.4, 0.5) is 11.5 Å². The van der Waals surface area contributed by atoms with E-state index < -0.39 is 4.92 Å². The van der Waals surface area contributed by atoms with Gasteiger partial charge in [0.15, 0.2) is 0 Å². The van der Waals surface area contributed by atoms with Crippen molar-refractivity contribution in [1.82, 2.24) is 9.55 Å². The number of pyridine rings is 1. The summed E-state index contributed by atoms with van der Waals surface area (Å²) in [6.45, 7) is 0. The first-order chi connectivity index (χ1) is 9.16. The molecule has 0 amide bonds. The molecule has 0 bridgehead atoms. The van der Waals surface area contributed by atoms with Gasteiger partial charge in [0.05, 0.1) is 10.4 Å². The maximum Gasteiger partial charge on any atom is 0.269 e. The Morgan fingerprint density at radius 3 is 2.50 bits per heavy atom. The van der Waals surface area contributed by atoms with Gasteiger partial charge in [0, 0.05) is 35.6 Å². The molecule has 1 aromatic carbocycles. The fraction of sp³-hybridized carbons (Fsp3) is 0. The molecule has 2 heterocycles. The lowest BCUT2D eigenvalue weighted by atomic mass is 10.2. The molecule has 0 aliphatic carbocycles. The highest BCUT2D eigenvalue weighted by molar-refractivity contribution is 5.90. The Balaban J connectivity index is 0.00000147. The standard InChI is InChI=1S/C13H10N4O2.ClH/c14-13-11-6-8-16(12(11)5-7-15-13)9-1-3-10(4-2-9)17(18)19;/h1-8H,(H2,14,15);1H. The molecule has 0 atom stereocenters. The minimum absolute atomic E-state index is 0. The second-order valence-electron chi connectivity index (χ2n) is 4.09. The minimum Gasteiger partial charge on any atom is -0.383 e. The molecule has 0 saturated heterocycles. The molecule has 6 nitrogen and oxygen atoms in total. The fourth-order valence-corrected chi connectivity index (χ4v) is 2.05. The van der Waals surface area contributed by atoms with E-state index >= 15 is 0 Å². The summed E-state index contributed by atoms with van der Waals surface area (Å²) in [5.41, 5.74) is 7.63. The molecule has 102 valence electrons. The minimum atomic E-state index is -0.417. The van der Waals surface area contributed by atoms with Gasteiger partial charge in [-0.05, 0) is 24.3 Å². The van der Waals surface area contributed by atoms with Crippen molar-refractivity contribution in [2.75, 3.05) is 5.73 Å². The molecule has 0 fully saturated rings. The normalized spacial score (nSPS) is 10.2. The van der Waals surface area contributed by atoms with Gasteiger partial charge in [-0.2, -0.15) is 0 Å². The summed E-state index contributed by atoms with van der Waals surface area (Å²) in [7, 11) is 0. The predicted molar refractivity (Wildman–Crippen MR) is 79.4 cm³/mol. The monoisotopic (exact) mass is 290 g/mol. The van der Waals surface area contributed by atoms with Crippen molar-refractivity contribution in [3.05, 3.63) is 58.9 Å². The molecule has 3 aromatic rings. The third-order valence-electron chi connectivity index (χ3n) is 2.99. The van der Waals surface area contributed by atoms with E-state index in [1.165, 1.54) is 12.1 Å². The van der Waals surface area contributed by atoms with Gasteiger partial charge in [0.1, 0.15) is 5.82 Å². The Morgan fingerprint density at radius 1 is 1.15 bits per heavy atom. The first kappa shape index (κ1) is 13.8. The number of nitrogens with two attached hydrogens (primary N) is 1. The lowest BCUT2D eigenvalue weighted by Gasteiger charge is -2.05. The Bertz CT molecular complexity index is 768. The number of hydrogen-bond donors (Lipinski definition) is 1. The summed E-state index contributed by atoms with van der Waals surface area (Å²) in [6, 6.07) is 10.1. The van der Waals surface area contributed by atoms with Gasteiger partial charge in [-0.1, -0.05) is 0 Å². The van der Waals surface area contributed by atoms with Crippen LogP contribution < -0.4 is 5.73 Å². The molecule has 2 aromatic heterocycles. The summed E-state index contributed by atoms with van der Waals surface area (Å²) in [4.78, 5) is 14.2. The third kappa shape index (κ3) is 2.17. The van der Waals surface area contributed by atoms with E-state index in [9.17, 15) is 10.1 Å². The van der Waals surface area contributed by atoms with Crippen LogP contribution in [0.1, 0.15) is 0 Å². The molecule has 7 heteroatoms. The lowest BCUT2D eigenvalue weighted by molar-refractivity contribution is -0.384. The van der Waals surface area contributed by atoms with Gasteiger partial charge in [-0.15, -0.1) is 12.4 Å². The summed E-state index contributed by atoms with van der Waals surface area (Å²) in [5.74, 6) is 0.471. The lowest BCUT2D eigenvalue weighted by Crippen LogP contribution is -1.95. The topological polar surface area (TPSA) is 87.0 Å². The number of halogens is 1. The van der Waals surface area contributed by atoms with E-state index in [2.05, 4.69) is 4.98 Å². The van der Waals surface area contributed by atoms with Gasteiger partial charge in [-0.25, -0.2) is 4.98 Å². The van der Waals surface area contributed by atoms with Crippen molar-refractivity contribution in [3.8, 4) is 5.69 Å².